The second kappa shape index (κ2) is 53.9. The molecule has 9 N–H and O–H groups in total. The molecule has 2 aliphatic heterocycles. The van der Waals surface area contributed by atoms with Crippen LogP contribution in [-0.2, 0) is 23.7 Å². The molecule has 0 aromatic heterocycles. The standard InChI is InChI=1S/C70H119NO13/c1-3-5-7-9-11-13-15-17-19-21-23-25-27-28-29-30-32-34-36-38-40-42-44-46-48-50-52-54-62(75)71-58(57-81-69-67(80)65(78)68(61(56-73)83-69)84-70-66(79)64(77)63(76)60(55-72)82-70)59(74)53-51-49-47-45-43-41-39-37-35-33-31-26-24-22-20-18-16-14-12-10-8-6-4-2/h5,7,11,13,17,19,23,25,28-29,32,34-35,37,43,45,51,53,58-61,63-70,72-74,76-80H,3-4,6,8-10,12,14-16,18,20-22,24,26-27,30-31,33,36,38-42,44,46-50,52,54-57H2,1-2H3,(H,71,75)/b7-5-,13-11-,19-17-,25-23-,29-28-,34-32-,37-35+,45-43+,53-51+. The average molecular weight is 1180 g/mol. The lowest BCUT2D eigenvalue weighted by Gasteiger charge is -2.46. The molecule has 12 atom stereocenters. The van der Waals surface area contributed by atoms with Gasteiger partial charge in [-0.05, 0) is 96.3 Å². The van der Waals surface area contributed by atoms with Crippen molar-refractivity contribution in [2.45, 2.75) is 306 Å². The van der Waals surface area contributed by atoms with Gasteiger partial charge in [-0.25, -0.2) is 0 Å². The summed E-state index contributed by atoms with van der Waals surface area (Å²) >= 11 is 0. The Bertz CT molecular complexity index is 1820. The van der Waals surface area contributed by atoms with Gasteiger partial charge in [-0.2, -0.15) is 0 Å². The maximum atomic E-state index is 13.3. The molecule has 2 saturated heterocycles. The van der Waals surface area contributed by atoms with Crippen LogP contribution in [0, 0.1) is 0 Å². The molecule has 14 heteroatoms. The minimum Gasteiger partial charge on any atom is -0.394 e. The molecule has 1 amide bonds. The first-order chi connectivity index (χ1) is 41.1. The van der Waals surface area contributed by atoms with Crippen LogP contribution >= 0.6 is 0 Å². The Labute approximate surface area is 508 Å². The van der Waals surface area contributed by atoms with Gasteiger partial charge < -0.3 is 65.1 Å². The number of aliphatic hydroxyl groups excluding tert-OH is 8. The average Bonchev–Trinajstić information content (AvgIpc) is 3.62. The summed E-state index contributed by atoms with van der Waals surface area (Å²) in [6.45, 7) is 2.66. The van der Waals surface area contributed by atoms with Gasteiger partial charge in [0.1, 0.15) is 48.8 Å². The number of allylic oxidation sites excluding steroid dienone is 17. The van der Waals surface area contributed by atoms with Crippen molar-refractivity contribution < 1.29 is 64.6 Å². The van der Waals surface area contributed by atoms with Gasteiger partial charge in [-0.15, -0.1) is 0 Å². The Balaban J connectivity index is 1.75. The molecule has 0 aromatic carbocycles. The summed E-state index contributed by atoms with van der Waals surface area (Å²) in [5.41, 5.74) is 0. The van der Waals surface area contributed by atoms with Crippen molar-refractivity contribution in [2.75, 3.05) is 19.8 Å². The topological polar surface area (TPSA) is 228 Å². The highest BCUT2D eigenvalue weighted by Gasteiger charge is 2.51. The summed E-state index contributed by atoms with van der Waals surface area (Å²) < 4.78 is 22.8. The number of carbonyl (C=O) groups excluding carboxylic acids is 1. The van der Waals surface area contributed by atoms with Crippen LogP contribution in [0.3, 0.4) is 0 Å². The number of amides is 1. The summed E-state index contributed by atoms with van der Waals surface area (Å²) in [6, 6.07) is -0.952. The molecule has 0 bridgehead atoms. The highest BCUT2D eigenvalue weighted by Crippen LogP contribution is 2.30. The first-order valence-corrected chi connectivity index (χ1v) is 33.1. The number of nitrogens with one attached hydrogen (secondary N) is 1. The van der Waals surface area contributed by atoms with E-state index in [0.717, 1.165) is 96.3 Å². The van der Waals surface area contributed by atoms with E-state index in [2.05, 4.69) is 116 Å². The highest BCUT2D eigenvalue weighted by molar-refractivity contribution is 5.76. The number of carbonyl (C=O) groups is 1. The zero-order chi connectivity index (χ0) is 60.9. The first-order valence-electron chi connectivity index (χ1n) is 33.1. The third kappa shape index (κ3) is 38.0. The van der Waals surface area contributed by atoms with E-state index in [0.29, 0.717) is 12.8 Å². The molecule has 0 aliphatic carbocycles. The van der Waals surface area contributed by atoms with Gasteiger partial charge in [-0.3, -0.25) is 4.79 Å². The van der Waals surface area contributed by atoms with Crippen molar-refractivity contribution in [1.29, 1.82) is 0 Å². The maximum absolute atomic E-state index is 13.3. The van der Waals surface area contributed by atoms with Crippen molar-refractivity contribution in [3.05, 3.63) is 109 Å². The van der Waals surface area contributed by atoms with E-state index in [1.54, 1.807) is 6.08 Å². The quantitative estimate of drug-likeness (QED) is 0.0204. The molecule has 0 saturated carbocycles. The summed E-state index contributed by atoms with van der Waals surface area (Å²) in [5.74, 6) is -0.266. The molecule has 14 nitrogen and oxygen atoms in total. The predicted octanol–water partition coefficient (Wildman–Crippen LogP) is 12.8. The number of hydrogen-bond acceptors (Lipinski definition) is 13. The largest absolute Gasteiger partial charge is 0.394 e. The predicted molar refractivity (Wildman–Crippen MR) is 341 cm³/mol. The van der Waals surface area contributed by atoms with Crippen LogP contribution in [-0.4, -0.2) is 140 Å². The number of unbranched alkanes of at least 4 members (excludes halogenated alkanes) is 23. The third-order valence-electron chi connectivity index (χ3n) is 15.4. The van der Waals surface area contributed by atoms with Crippen LogP contribution in [0.1, 0.15) is 232 Å². The lowest BCUT2D eigenvalue weighted by atomic mass is 9.97. The van der Waals surface area contributed by atoms with E-state index in [1.807, 2.05) is 6.08 Å². The Hall–Kier alpha value is -3.35. The van der Waals surface area contributed by atoms with E-state index in [4.69, 9.17) is 18.9 Å². The molecule has 12 unspecified atom stereocenters. The van der Waals surface area contributed by atoms with Gasteiger partial charge in [0.05, 0.1) is 32.0 Å². The van der Waals surface area contributed by atoms with Crippen molar-refractivity contribution >= 4 is 5.91 Å². The number of aliphatic hydroxyl groups is 8. The Morgan fingerprint density at radius 2 is 0.833 bits per heavy atom. The molecule has 0 radical (unpaired) electrons. The SMILES string of the molecule is CC/C=C\C/C=C\C/C=C\C/C=C\C/C=C\C/C=C\CCCCCCCCCCC(=O)NC(COC1OC(CO)C(OC2OC(CO)C(O)C(O)C2O)C(O)C1O)C(O)/C=C/CC/C=C/CC/C=C/CCCCCCCCCCCCCCC. The second-order valence-corrected chi connectivity index (χ2v) is 22.8. The second-order valence-electron chi connectivity index (χ2n) is 22.8. The van der Waals surface area contributed by atoms with Crippen molar-refractivity contribution in [1.82, 2.24) is 5.32 Å². The zero-order valence-corrected chi connectivity index (χ0v) is 52.1. The molecule has 2 fully saturated rings. The molecule has 2 heterocycles. The molecular weight excluding hydrogens is 1060 g/mol. The molecule has 482 valence electrons. The van der Waals surface area contributed by atoms with E-state index in [-0.39, 0.29) is 18.9 Å². The monoisotopic (exact) mass is 1180 g/mol. The fourth-order valence-electron chi connectivity index (χ4n) is 10.2. The third-order valence-corrected chi connectivity index (χ3v) is 15.4. The fourth-order valence-corrected chi connectivity index (χ4v) is 10.2. The lowest BCUT2D eigenvalue weighted by molar-refractivity contribution is -0.359. The van der Waals surface area contributed by atoms with E-state index < -0.39 is 86.8 Å². The molecule has 0 spiro atoms. The lowest BCUT2D eigenvalue weighted by Crippen LogP contribution is -2.65. The summed E-state index contributed by atoms with van der Waals surface area (Å²) in [5, 5.41) is 87.3. The van der Waals surface area contributed by atoms with Crippen LogP contribution in [0.15, 0.2) is 109 Å². The van der Waals surface area contributed by atoms with Crippen LogP contribution in [0.25, 0.3) is 0 Å². The van der Waals surface area contributed by atoms with Crippen molar-refractivity contribution in [3.63, 3.8) is 0 Å². The van der Waals surface area contributed by atoms with Crippen LogP contribution in [0.4, 0.5) is 0 Å². The van der Waals surface area contributed by atoms with Crippen molar-refractivity contribution in [2.24, 2.45) is 0 Å². The first kappa shape index (κ1) is 76.7. The van der Waals surface area contributed by atoms with Crippen molar-refractivity contribution in [3.8, 4) is 0 Å². The number of ether oxygens (including phenoxy) is 4. The van der Waals surface area contributed by atoms with Crippen LogP contribution in [0.2, 0.25) is 0 Å². The molecular formula is C70H119NO13. The van der Waals surface area contributed by atoms with Gasteiger partial charge >= 0.3 is 0 Å². The molecule has 0 aromatic rings. The Kier molecular flexibility index (Phi) is 49.2. The van der Waals surface area contributed by atoms with Gasteiger partial charge in [0.15, 0.2) is 12.6 Å². The molecule has 2 aliphatic rings. The van der Waals surface area contributed by atoms with Gasteiger partial charge in [0.2, 0.25) is 5.91 Å². The smallest absolute Gasteiger partial charge is 0.220 e. The van der Waals surface area contributed by atoms with Crippen LogP contribution < -0.4 is 5.32 Å². The van der Waals surface area contributed by atoms with E-state index in [1.165, 1.54) is 103 Å². The van der Waals surface area contributed by atoms with E-state index >= 15 is 0 Å². The Morgan fingerprint density at radius 3 is 1.31 bits per heavy atom. The summed E-state index contributed by atoms with van der Waals surface area (Å²) in [6.07, 6.45) is 59.8. The Morgan fingerprint density at radius 1 is 0.440 bits per heavy atom. The summed E-state index contributed by atoms with van der Waals surface area (Å²) in [7, 11) is 0. The van der Waals surface area contributed by atoms with Gasteiger partial charge in [-0.1, -0.05) is 239 Å². The van der Waals surface area contributed by atoms with Gasteiger partial charge in [0.25, 0.3) is 0 Å². The van der Waals surface area contributed by atoms with Crippen LogP contribution in [0.5, 0.6) is 0 Å². The fraction of sp³-hybridized carbons (Fsp3) is 0.729. The minimum absolute atomic E-state index is 0.253. The minimum atomic E-state index is -1.80. The molecule has 2 rings (SSSR count). The zero-order valence-electron chi connectivity index (χ0n) is 52.1. The normalized spacial score (nSPS) is 24.4. The van der Waals surface area contributed by atoms with E-state index in [9.17, 15) is 45.6 Å². The highest BCUT2D eigenvalue weighted by atomic mass is 16.7. The number of hydrogen-bond donors (Lipinski definition) is 9. The summed E-state index contributed by atoms with van der Waals surface area (Å²) in [4.78, 5) is 13.3. The number of rotatable bonds is 52. The van der Waals surface area contributed by atoms with Gasteiger partial charge in [0, 0.05) is 6.42 Å². The maximum Gasteiger partial charge on any atom is 0.220 e. The molecule has 84 heavy (non-hydrogen) atoms.